The number of esters is 1. The fourth-order valence-electron chi connectivity index (χ4n) is 3.29. The van der Waals surface area contributed by atoms with E-state index in [9.17, 15) is 19.3 Å². The van der Waals surface area contributed by atoms with Gasteiger partial charge in [0.25, 0.3) is 5.95 Å². The first-order valence-electron chi connectivity index (χ1n) is 8.32. The van der Waals surface area contributed by atoms with Gasteiger partial charge in [0.05, 0.1) is 11.3 Å². The minimum absolute atomic E-state index is 0.00516. The molecule has 0 N–H and O–H groups in total. The van der Waals surface area contributed by atoms with Crippen LogP contribution in [0.5, 0.6) is 0 Å². The fraction of sp³-hybridized carbons (Fsp3) is 0.647. The van der Waals surface area contributed by atoms with E-state index in [0.717, 1.165) is 6.42 Å². The van der Waals surface area contributed by atoms with Gasteiger partial charge in [-0.15, -0.1) is 0 Å². The lowest BCUT2D eigenvalue weighted by Gasteiger charge is -2.37. The Balaban J connectivity index is 2.17. The molecule has 1 aliphatic rings. The average Bonchev–Trinajstić information content (AvgIpc) is 2.43. The first-order valence-corrected chi connectivity index (χ1v) is 8.32. The van der Waals surface area contributed by atoms with Gasteiger partial charge in [0.1, 0.15) is 11.3 Å². The van der Waals surface area contributed by atoms with Crippen molar-refractivity contribution in [2.45, 2.75) is 46.1 Å². The lowest BCUT2D eigenvalue weighted by Crippen LogP contribution is -2.41. The van der Waals surface area contributed by atoms with Gasteiger partial charge in [0.15, 0.2) is 0 Å². The smallest absolute Gasteiger partial charge is 0.347 e. The SMILES string of the molecule is C[C@@H]1C[C@H](CC(=O)OC(C)(C)C)CN(c2ccnc(F)c2[N+](=O)[O-])C1. The third-order valence-electron chi connectivity index (χ3n) is 4.00. The monoisotopic (exact) mass is 353 g/mol. The highest BCUT2D eigenvalue weighted by atomic mass is 19.1. The number of carbonyl (C=O) groups excluding carboxylic acids is 1. The molecule has 1 aromatic rings. The van der Waals surface area contributed by atoms with Gasteiger partial charge in [0.2, 0.25) is 0 Å². The van der Waals surface area contributed by atoms with Gasteiger partial charge in [-0.05, 0) is 45.1 Å². The molecule has 0 aromatic carbocycles. The molecule has 2 atom stereocenters. The summed E-state index contributed by atoms with van der Waals surface area (Å²) in [4.78, 5) is 27.7. The third kappa shape index (κ3) is 5.11. The topological polar surface area (TPSA) is 85.6 Å². The van der Waals surface area contributed by atoms with E-state index in [-0.39, 0.29) is 29.9 Å². The Morgan fingerprint density at radius 1 is 1.48 bits per heavy atom. The minimum Gasteiger partial charge on any atom is -0.460 e. The van der Waals surface area contributed by atoms with Crippen LogP contribution in [-0.4, -0.2) is 34.6 Å². The van der Waals surface area contributed by atoms with Gasteiger partial charge in [-0.3, -0.25) is 14.9 Å². The number of hydrogen-bond acceptors (Lipinski definition) is 6. The van der Waals surface area contributed by atoms with E-state index in [1.807, 2.05) is 27.7 Å². The Kier molecular flexibility index (Phi) is 5.59. The van der Waals surface area contributed by atoms with Crippen molar-refractivity contribution < 1.29 is 18.8 Å². The summed E-state index contributed by atoms with van der Waals surface area (Å²) in [5.74, 6) is -1.17. The maximum atomic E-state index is 13.8. The zero-order valence-corrected chi connectivity index (χ0v) is 15.0. The van der Waals surface area contributed by atoms with Crippen LogP contribution >= 0.6 is 0 Å². The van der Waals surface area contributed by atoms with Crippen molar-refractivity contribution in [3.05, 3.63) is 28.3 Å². The number of pyridine rings is 1. The van der Waals surface area contributed by atoms with Gasteiger partial charge in [0, 0.05) is 19.3 Å². The Morgan fingerprint density at radius 2 is 2.16 bits per heavy atom. The molecule has 2 heterocycles. The molecule has 0 unspecified atom stereocenters. The number of anilines is 1. The molecule has 1 saturated heterocycles. The summed E-state index contributed by atoms with van der Waals surface area (Å²) < 4.78 is 19.2. The number of hydrogen-bond donors (Lipinski definition) is 0. The minimum atomic E-state index is -1.09. The predicted octanol–water partition coefficient (Wildman–Crippen LogP) is 3.32. The molecule has 7 nitrogen and oxygen atoms in total. The number of piperidine rings is 1. The van der Waals surface area contributed by atoms with Gasteiger partial charge in [-0.2, -0.15) is 4.39 Å². The number of halogens is 1. The number of aromatic nitrogens is 1. The summed E-state index contributed by atoms with van der Waals surface area (Å²) in [5, 5.41) is 11.2. The predicted molar refractivity (Wildman–Crippen MR) is 90.8 cm³/mol. The molecule has 25 heavy (non-hydrogen) atoms. The van der Waals surface area contributed by atoms with Crippen molar-refractivity contribution in [2.24, 2.45) is 11.8 Å². The molecule has 0 aliphatic carbocycles. The molecule has 0 spiro atoms. The largest absolute Gasteiger partial charge is 0.460 e. The molecule has 1 fully saturated rings. The molecule has 1 aromatic heterocycles. The number of nitro groups is 1. The van der Waals surface area contributed by atoms with E-state index in [0.29, 0.717) is 13.1 Å². The van der Waals surface area contributed by atoms with Crippen molar-refractivity contribution in [3.8, 4) is 0 Å². The second kappa shape index (κ2) is 7.33. The van der Waals surface area contributed by atoms with E-state index >= 15 is 0 Å². The highest BCUT2D eigenvalue weighted by Gasteiger charge is 2.33. The lowest BCUT2D eigenvalue weighted by atomic mass is 9.88. The standard InChI is InChI=1S/C17H24FN3O4/c1-11-7-12(8-14(22)25-17(2,3)4)10-20(9-11)13-5-6-19-16(18)15(13)21(23)24/h5-6,11-12H,7-10H2,1-4H3/t11-,12-/m1/s1. The van der Waals surface area contributed by atoms with Crippen LogP contribution in [0, 0.1) is 27.9 Å². The van der Waals surface area contributed by atoms with Gasteiger partial charge >= 0.3 is 11.7 Å². The molecular weight excluding hydrogens is 329 g/mol. The Morgan fingerprint density at radius 3 is 2.76 bits per heavy atom. The van der Waals surface area contributed by atoms with Crippen molar-refractivity contribution in [1.82, 2.24) is 4.98 Å². The summed E-state index contributed by atoms with van der Waals surface area (Å²) >= 11 is 0. The zero-order chi connectivity index (χ0) is 18.8. The summed E-state index contributed by atoms with van der Waals surface area (Å²) in [6, 6.07) is 1.45. The number of nitrogens with zero attached hydrogens (tertiary/aromatic N) is 3. The van der Waals surface area contributed by atoms with Gasteiger partial charge in [-0.1, -0.05) is 6.92 Å². The van der Waals surface area contributed by atoms with E-state index in [1.165, 1.54) is 12.3 Å². The normalized spacial score (nSPS) is 21.1. The molecule has 0 saturated carbocycles. The Hall–Kier alpha value is -2.25. The fourth-order valence-corrected chi connectivity index (χ4v) is 3.29. The highest BCUT2D eigenvalue weighted by molar-refractivity contribution is 5.70. The van der Waals surface area contributed by atoms with E-state index in [2.05, 4.69) is 4.98 Å². The van der Waals surface area contributed by atoms with Crippen molar-refractivity contribution in [2.75, 3.05) is 18.0 Å². The maximum absolute atomic E-state index is 13.8. The van der Waals surface area contributed by atoms with E-state index in [4.69, 9.17) is 4.74 Å². The van der Waals surface area contributed by atoms with Crippen molar-refractivity contribution in [1.29, 1.82) is 0 Å². The van der Waals surface area contributed by atoms with Crippen LogP contribution in [0.3, 0.4) is 0 Å². The van der Waals surface area contributed by atoms with Crippen LogP contribution < -0.4 is 4.90 Å². The second-order valence-electron chi connectivity index (χ2n) is 7.63. The third-order valence-corrected chi connectivity index (χ3v) is 4.00. The lowest BCUT2D eigenvalue weighted by molar-refractivity contribution is -0.387. The van der Waals surface area contributed by atoms with E-state index in [1.54, 1.807) is 4.90 Å². The number of rotatable bonds is 4. The van der Waals surface area contributed by atoms with Crippen LogP contribution in [0.4, 0.5) is 15.8 Å². The van der Waals surface area contributed by atoms with Gasteiger partial charge in [-0.25, -0.2) is 4.98 Å². The summed E-state index contributed by atoms with van der Waals surface area (Å²) in [6.07, 6.45) is 2.27. The Bertz CT molecular complexity index is 660. The number of carbonyl (C=O) groups is 1. The quantitative estimate of drug-likeness (QED) is 0.357. The summed E-state index contributed by atoms with van der Waals surface area (Å²) in [5.41, 5.74) is -0.963. The van der Waals surface area contributed by atoms with Gasteiger partial charge < -0.3 is 9.64 Å². The second-order valence-corrected chi connectivity index (χ2v) is 7.63. The molecular formula is C17H24FN3O4. The zero-order valence-electron chi connectivity index (χ0n) is 15.0. The summed E-state index contributed by atoms with van der Waals surface area (Å²) in [7, 11) is 0. The van der Waals surface area contributed by atoms with Crippen LogP contribution in [0.25, 0.3) is 0 Å². The van der Waals surface area contributed by atoms with Crippen molar-refractivity contribution in [3.63, 3.8) is 0 Å². The van der Waals surface area contributed by atoms with Crippen LogP contribution in [0.2, 0.25) is 0 Å². The highest BCUT2D eigenvalue weighted by Crippen LogP contribution is 2.35. The molecule has 0 radical (unpaired) electrons. The van der Waals surface area contributed by atoms with E-state index < -0.39 is 22.2 Å². The van der Waals surface area contributed by atoms with Crippen molar-refractivity contribution >= 4 is 17.3 Å². The average molecular weight is 353 g/mol. The first kappa shape index (κ1) is 19.1. The van der Waals surface area contributed by atoms with Crippen LogP contribution in [-0.2, 0) is 9.53 Å². The molecule has 0 amide bonds. The maximum Gasteiger partial charge on any atom is 0.347 e. The molecule has 138 valence electrons. The first-order chi connectivity index (χ1) is 11.6. The van der Waals surface area contributed by atoms with Crippen LogP contribution in [0.1, 0.15) is 40.5 Å². The Labute approximate surface area is 146 Å². The molecule has 8 heteroatoms. The molecule has 0 bridgehead atoms. The van der Waals surface area contributed by atoms with Crippen LogP contribution in [0.15, 0.2) is 12.3 Å². The molecule has 2 rings (SSSR count). The number of ether oxygens (including phenoxy) is 1. The molecule has 1 aliphatic heterocycles. The summed E-state index contributed by atoms with van der Waals surface area (Å²) in [6.45, 7) is 8.44.